The zero-order valence-corrected chi connectivity index (χ0v) is 18.8. The molecule has 1 aliphatic rings. The second-order valence-corrected chi connectivity index (χ2v) is 8.21. The fourth-order valence-electron chi connectivity index (χ4n) is 3.02. The number of nitrogens with zero attached hydrogens (tertiary/aromatic N) is 2. The molecule has 29 heavy (non-hydrogen) atoms. The number of likely N-dealkylation sites (N-methyl/N-ethyl adjacent to an activating group) is 1. The SMILES string of the molecule is COc1ccc(CN=C(NCCSC)NCC(=O)N(C)C)c(OC2CCCC2)c1. The molecule has 0 atom stereocenters. The van der Waals surface area contributed by atoms with Crippen molar-refractivity contribution in [3.05, 3.63) is 23.8 Å². The normalized spacial score (nSPS) is 14.6. The highest BCUT2D eigenvalue weighted by molar-refractivity contribution is 7.98. The minimum absolute atomic E-state index is 0.000861. The van der Waals surface area contributed by atoms with Gasteiger partial charge in [0.25, 0.3) is 0 Å². The molecule has 0 unspecified atom stereocenters. The molecule has 2 rings (SSSR count). The molecule has 0 aromatic heterocycles. The molecule has 0 aliphatic heterocycles. The van der Waals surface area contributed by atoms with Crippen LogP contribution in [0.15, 0.2) is 23.2 Å². The second kappa shape index (κ2) is 12.5. The molecular formula is C21H34N4O3S. The van der Waals surface area contributed by atoms with Gasteiger partial charge in [0.2, 0.25) is 5.91 Å². The van der Waals surface area contributed by atoms with Gasteiger partial charge in [0.15, 0.2) is 5.96 Å². The Morgan fingerprint density at radius 3 is 2.69 bits per heavy atom. The molecule has 0 spiro atoms. The van der Waals surface area contributed by atoms with Gasteiger partial charge < -0.3 is 25.0 Å². The van der Waals surface area contributed by atoms with E-state index < -0.39 is 0 Å². The van der Waals surface area contributed by atoms with Crippen LogP contribution in [-0.4, -0.2) is 69.2 Å². The molecule has 1 aromatic rings. The molecule has 1 fully saturated rings. The minimum Gasteiger partial charge on any atom is -0.497 e. The number of carbonyl (C=O) groups excluding carboxylic acids is 1. The maximum absolute atomic E-state index is 11.9. The van der Waals surface area contributed by atoms with Gasteiger partial charge in [-0.15, -0.1) is 0 Å². The molecule has 8 heteroatoms. The molecule has 0 heterocycles. The van der Waals surface area contributed by atoms with Crippen molar-refractivity contribution in [3.63, 3.8) is 0 Å². The number of hydrogen-bond acceptors (Lipinski definition) is 5. The van der Waals surface area contributed by atoms with E-state index in [1.165, 1.54) is 12.8 Å². The molecule has 0 bridgehead atoms. The predicted octanol–water partition coefficient (Wildman–Crippen LogP) is 2.50. The first kappa shape index (κ1) is 23.2. The van der Waals surface area contributed by atoms with Gasteiger partial charge in [-0.25, -0.2) is 4.99 Å². The summed E-state index contributed by atoms with van der Waals surface area (Å²) in [4.78, 5) is 18.2. The van der Waals surface area contributed by atoms with Crippen LogP contribution in [0.25, 0.3) is 0 Å². The highest BCUT2D eigenvalue weighted by Gasteiger charge is 2.18. The lowest BCUT2D eigenvalue weighted by Crippen LogP contribution is -2.43. The average molecular weight is 423 g/mol. The standard InChI is InChI=1S/C21H34N4O3S/c1-25(2)20(26)15-24-21(22-11-12-29-4)23-14-16-9-10-18(27-3)13-19(16)28-17-7-5-6-8-17/h9-10,13,17H,5-8,11-12,14-15H2,1-4H3,(H2,22,23,24). The van der Waals surface area contributed by atoms with E-state index in [9.17, 15) is 4.79 Å². The molecule has 162 valence electrons. The van der Waals surface area contributed by atoms with E-state index in [-0.39, 0.29) is 18.6 Å². The van der Waals surface area contributed by atoms with Crippen molar-refractivity contribution in [2.45, 2.75) is 38.3 Å². The van der Waals surface area contributed by atoms with E-state index in [0.717, 1.165) is 42.2 Å². The molecule has 1 saturated carbocycles. The Bertz CT molecular complexity index is 676. The Hall–Kier alpha value is -2.09. The molecule has 7 nitrogen and oxygen atoms in total. The lowest BCUT2D eigenvalue weighted by molar-refractivity contribution is -0.127. The maximum atomic E-state index is 11.9. The molecule has 0 saturated heterocycles. The maximum Gasteiger partial charge on any atom is 0.241 e. The quantitative estimate of drug-likeness (QED) is 0.343. The van der Waals surface area contributed by atoms with E-state index in [1.807, 2.05) is 18.2 Å². The number of guanidine groups is 1. The summed E-state index contributed by atoms with van der Waals surface area (Å²) in [5.74, 6) is 3.18. The summed E-state index contributed by atoms with van der Waals surface area (Å²) in [7, 11) is 5.14. The number of amides is 1. The summed E-state index contributed by atoms with van der Waals surface area (Å²) in [6.45, 7) is 1.43. The summed E-state index contributed by atoms with van der Waals surface area (Å²) >= 11 is 1.76. The van der Waals surface area contributed by atoms with Gasteiger partial charge in [-0.2, -0.15) is 11.8 Å². The minimum atomic E-state index is -0.000861. The van der Waals surface area contributed by atoms with Crippen LogP contribution in [0.2, 0.25) is 0 Å². The first-order chi connectivity index (χ1) is 14.0. The van der Waals surface area contributed by atoms with Gasteiger partial charge in [0, 0.05) is 38.0 Å². The zero-order chi connectivity index (χ0) is 21.1. The van der Waals surface area contributed by atoms with E-state index in [2.05, 4.69) is 21.9 Å². The fraction of sp³-hybridized carbons (Fsp3) is 0.619. The van der Waals surface area contributed by atoms with E-state index >= 15 is 0 Å². The van der Waals surface area contributed by atoms with Crippen LogP contribution in [-0.2, 0) is 11.3 Å². The number of ether oxygens (including phenoxy) is 2. The van der Waals surface area contributed by atoms with Gasteiger partial charge in [-0.1, -0.05) is 0 Å². The zero-order valence-electron chi connectivity index (χ0n) is 18.0. The van der Waals surface area contributed by atoms with Crippen molar-refractivity contribution >= 4 is 23.6 Å². The number of nitrogens with one attached hydrogen (secondary N) is 2. The molecule has 1 amide bonds. The first-order valence-electron chi connectivity index (χ1n) is 10.1. The number of carbonyl (C=O) groups is 1. The number of aliphatic imine (C=N–C) groups is 1. The van der Waals surface area contributed by atoms with Crippen molar-refractivity contribution in [2.24, 2.45) is 4.99 Å². The summed E-state index contributed by atoms with van der Waals surface area (Å²) in [5, 5.41) is 6.40. The van der Waals surface area contributed by atoms with Crippen LogP contribution in [0.5, 0.6) is 11.5 Å². The van der Waals surface area contributed by atoms with Crippen molar-refractivity contribution < 1.29 is 14.3 Å². The third-order valence-corrected chi connectivity index (χ3v) is 5.39. The van der Waals surface area contributed by atoms with E-state index in [4.69, 9.17) is 9.47 Å². The third-order valence-electron chi connectivity index (χ3n) is 4.78. The largest absolute Gasteiger partial charge is 0.497 e. The molecule has 2 N–H and O–H groups in total. The molecule has 1 aromatic carbocycles. The van der Waals surface area contributed by atoms with Crippen LogP contribution in [0, 0.1) is 0 Å². The average Bonchev–Trinajstić information content (AvgIpc) is 3.23. The Morgan fingerprint density at radius 2 is 2.03 bits per heavy atom. The van der Waals surface area contributed by atoms with Gasteiger partial charge >= 0.3 is 0 Å². The number of benzene rings is 1. The van der Waals surface area contributed by atoms with Gasteiger partial charge in [-0.3, -0.25) is 4.79 Å². The third kappa shape index (κ3) is 8.04. The topological polar surface area (TPSA) is 75.2 Å². The van der Waals surface area contributed by atoms with Crippen LogP contribution in [0.1, 0.15) is 31.2 Å². The van der Waals surface area contributed by atoms with Crippen LogP contribution < -0.4 is 20.1 Å². The molecular weight excluding hydrogens is 388 g/mol. The number of thioether (sulfide) groups is 1. The first-order valence-corrected chi connectivity index (χ1v) is 11.5. The van der Waals surface area contributed by atoms with Crippen LogP contribution >= 0.6 is 11.8 Å². The Labute approximate surface area is 178 Å². The Kier molecular flexibility index (Phi) is 9.97. The van der Waals surface area contributed by atoms with Crippen molar-refractivity contribution in [1.82, 2.24) is 15.5 Å². The smallest absolute Gasteiger partial charge is 0.241 e. The summed E-state index contributed by atoms with van der Waals surface area (Å²) < 4.78 is 11.6. The monoisotopic (exact) mass is 422 g/mol. The second-order valence-electron chi connectivity index (χ2n) is 7.22. The molecule has 1 aliphatic carbocycles. The van der Waals surface area contributed by atoms with Gasteiger partial charge in [0.1, 0.15) is 11.5 Å². The lowest BCUT2D eigenvalue weighted by atomic mass is 10.2. The Balaban J connectivity index is 2.10. The highest BCUT2D eigenvalue weighted by atomic mass is 32.2. The van der Waals surface area contributed by atoms with Crippen LogP contribution in [0.3, 0.4) is 0 Å². The van der Waals surface area contributed by atoms with Gasteiger partial charge in [0.05, 0.1) is 26.3 Å². The number of methoxy groups -OCH3 is 1. The van der Waals surface area contributed by atoms with Crippen molar-refractivity contribution in [3.8, 4) is 11.5 Å². The highest BCUT2D eigenvalue weighted by Crippen LogP contribution is 2.30. The lowest BCUT2D eigenvalue weighted by Gasteiger charge is -2.18. The van der Waals surface area contributed by atoms with Crippen molar-refractivity contribution in [1.29, 1.82) is 0 Å². The van der Waals surface area contributed by atoms with E-state index in [1.54, 1.807) is 37.9 Å². The number of rotatable bonds is 10. The molecule has 0 radical (unpaired) electrons. The predicted molar refractivity (Wildman–Crippen MR) is 120 cm³/mol. The summed E-state index contributed by atoms with van der Waals surface area (Å²) in [5.41, 5.74) is 1.00. The summed E-state index contributed by atoms with van der Waals surface area (Å²) in [6, 6.07) is 5.86. The number of hydrogen-bond donors (Lipinski definition) is 2. The van der Waals surface area contributed by atoms with Crippen LogP contribution in [0.4, 0.5) is 0 Å². The van der Waals surface area contributed by atoms with E-state index in [0.29, 0.717) is 12.5 Å². The summed E-state index contributed by atoms with van der Waals surface area (Å²) in [6.07, 6.45) is 6.95. The van der Waals surface area contributed by atoms with Gasteiger partial charge in [-0.05, 0) is 44.1 Å². The van der Waals surface area contributed by atoms with Crippen molar-refractivity contribution in [2.75, 3.05) is 46.3 Å². The Morgan fingerprint density at radius 1 is 1.28 bits per heavy atom. The fourth-order valence-corrected chi connectivity index (χ4v) is 3.32.